The van der Waals surface area contributed by atoms with Gasteiger partial charge in [0.1, 0.15) is 15.0 Å². The van der Waals surface area contributed by atoms with Crippen LogP contribution in [0.15, 0.2) is 30.3 Å². The van der Waals surface area contributed by atoms with E-state index in [1.165, 1.54) is 10.9 Å². The van der Waals surface area contributed by atoms with Gasteiger partial charge in [0.15, 0.2) is 0 Å². The van der Waals surface area contributed by atoms with Gasteiger partial charge in [-0.2, -0.15) is 5.10 Å². The molecule has 0 spiro atoms. The molecular weight excluding hydrogens is 319 g/mol. The average Bonchev–Trinajstić information content (AvgIpc) is 2.73. The maximum atomic E-state index is 11.2. The molecule has 108 valence electrons. The lowest BCUT2D eigenvalue weighted by Gasteiger charge is -2.01. The van der Waals surface area contributed by atoms with Crippen LogP contribution < -0.4 is 0 Å². The number of sulfone groups is 1. The largest absolute Gasteiger partial charge is 0.252 e. The number of hydrogen-bond acceptors (Lipinski definition) is 3. The van der Waals surface area contributed by atoms with Crippen LogP contribution in [0, 0.1) is 0 Å². The van der Waals surface area contributed by atoms with Crippen LogP contribution in [0.1, 0.15) is 5.56 Å². The van der Waals surface area contributed by atoms with E-state index in [0.717, 1.165) is 5.56 Å². The minimum Gasteiger partial charge on any atom is -0.252 e. The first-order valence-corrected chi connectivity index (χ1v) is 8.94. The molecule has 0 aliphatic heterocycles. The normalized spacial score (nSPS) is 11.8. The van der Waals surface area contributed by atoms with Gasteiger partial charge in [0.05, 0.1) is 23.9 Å². The Bertz CT molecular complexity index is 697. The van der Waals surface area contributed by atoms with Gasteiger partial charge in [0, 0.05) is 17.4 Å². The van der Waals surface area contributed by atoms with Crippen molar-refractivity contribution in [3.63, 3.8) is 0 Å². The summed E-state index contributed by atoms with van der Waals surface area (Å²) >= 11 is 12.2. The van der Waals surface area contributed by atoms with Crippen LogP contribution in [0.5, 0.6) is 0 Å². The Hall–Kier alpha value is -1.04. The Morgan fingerprint density at radius 3 is 2.45 bits per heavy atom. The minimum atomic E-state index is -3.07. The van der Waals surface area contributed by atoms with E-state index in [-0.39, 0.29) is 18.2 Å². The summed E-state index contributed by atoms with van der Waals surface area (Å²) < 4.78 is 24.0. The topological polar surface area (TPSA) is 52.0 Å². The van der Waals surface area contributed by atoms with E-state index < -0.39 is 9.84 Å². The van der Waals surface area contributed by atoms with Gasteiger partial charge in [-0.1, -0.05) is 41.9 Å². The second-order valence-electron chi connectivity index (χ2n) is 4.47. The van der Waals surface area contributed by atoms with Crippen molar-refractivity contribution in [1.82, 2.24) is 9.78 Å². The van der Waals surface area contributed by atoms with Crippen LogP contribution in [0.25, 0.3) is 11.3 Å². The lowest BCUT2D eigenvalue weighted by atomic mass is 10.1. The summed E-state index contributed by atoms with van der Waals surface area (Å²) in [6.45, 7) is 0.217. The Labute approximate surface area is 128 Å². The maximum Gasteiger partial charge on any atom is 0.149 e. The molecule has 0 aliphatic rings. The fourth-order valence-corrected chi connectivity index (χ4v) is 2.93. The van der Waals surface area contributed by atoms with E-state index >= 15 is 0 Å². The van der Waals surface area contributed by atoms with Crippen molar-refractivity contribution < 1.29 is 8.42 Å². The molecule has 0 saturated carbocycles. The van der Waals surface area contributed by atoms with Gasteiger partial charge in [0.25, 0.3) is 0 Å². The van der Waals surface area contributed by atoms with Crippen molar-refractivity contribution in [2.45, 2.75) is 12.4 Å². The molecule has 0 saturated heterocycles. The molecule has 2 rings (SSSR count). The van der Waals surface area contributed by atoms with Gasteiger partial charge in [-0.05, 0) is 0 Å². The molecule has 1 aromatic carbocycles. The number of hydrogen-bond donors (Lipinski definition) is 0. The molecule has 0 bridgehead atoms. The number of alkyl halides is 1. The Balaban J connectivity index is 2.39. The monoisotopic (exact) mass is 332 g/mol. The molecule has 1 heterocycles. The summed E-state index contributed by atoms with van der Waals surface area (Å²) in [5.41, 5.74) is 2.32. The summed E-state index contributed by atoms with van der Waals surface area (Å²) in [7, 11) is -3.07. The number of aromatic nitrogens is 2. The van der Waals surface area contributed by atoms with Crippen molar-refractivity contribution in [1.29, 1.82) is 0 Å². The predicted octanol–water partition coefficient (Wildman–Crippen LogP) is 2.99. The van der Waals surface area contributed by atoms with Crippen LogP contribution in [-0.2, 0) is 22.3 Å². The molecule has 2 aromatic rings. The van der Waals surface area contributed by atoms with E-state index in [1.54, 1.807) is 0 Å². The van der Waals surface area contributed by atoms with Crippen molar-refractivity contribution in [3.05, 3.63) is 41.0 Å². The first-order valence-electron chi connectivity index (χ1n) is 5.96. The molecule has 0 fully saturated rings. The van der Waals surface area contributed by atoms with Crippen LogP contribution in [0.2, 0.25) is 5.15 Å². The highest BCUT2D eigenvalue weighted by molar-refractivity contribution is 7.90. The van der Waals surface area contributed by atoms with E-state index in [0.29, 0.717) is 16.4 Å². The number of nitrogens with zero attached hydrogens (tertiary/aromatic N) is 2. The third-order valence-electron chi connectivity index (χ3n) is 2.84. The molecule has 0 amide bonds. The Morgan fingerprint density at radius 1 is 1.25 bits per heavy atom. The van der Waals surface area contributed by atoms with E-state index in [1.807, 2.05) is 30.3 Å². The summed E-state index contributed by atoms with van der Waals surface area (Å²) in [6, 6.07) is 9.53. The Kier molecular flexibility index (Phi) is 4.73. The first kappa shape index (κ1) is 15.4. The standard InChI is InChI=1S/C13H14Cl2N2O2S/c1-20(18,19)8-7-17-13(15)11(9-14)12(16-17)10-5-3-2-4-6-10/h2-6H,7-9H2,1H3. The molecule has 0 radical (unpaired) electrons. The average molecular weight is 333 g/mol. The zero-order chi connectivity index (χ0) is 14.8. The summed E-state index contributed by atoms with van der Waals surface area (Å²) in [5, 5.41) is 4.78. The van der Waals surface area contributed by atoms with E-state index in [9.17, 15) is 8.42 Å². The maximum absolute atomic E-state index is 11.2. The van der Waals surface area contributed by atoms with Crippen LogP contribution >= 0.6 is 23.2 Å². The summed E-state index contributed by atoms with van der Waals surface area (Å²) in [5.74, 6) is 0.215. The lowest BCUT2D eigenvalue weighted by Crippen LogP contribution is -2.12. The van der Waals surface area contributed by atoms with Crippen LogP contribution in [0.3, 0.4) is 0 Å². The SMILES string of the molecule is CS(=O)(=O)CCn1nc(-c2ccccc2)c(CCl)c1Cl. The third-order valence-corrected chi connectivity index (χ3v) is 4.45. The van der Waals surface area contributed by atoms with Crippen molar-refractivity contribution in [3.8, 4) is 11.3 Å². The quantitative estimate of drug-likeness (QED) is 0.791. The van der Waals surface area contributed by atoms with Gasteiger partial charge in [-0.15, -0.1) is 11.6 Å². The van der Waals surface area contributed by atoms with Gasteiger partial charge in [-0.25, -0.2) is 8.42 Å². The van der Waals surface area contributed by atoms with Crippen LogP contribution in [-0.4, -0.2) is 30.2 Å². The van der Waals surface area contributed by atoms with Gasteiger partial charge in [-0.3, -0.25) is 4.68 Å². The molecule has 7 heteroatoms. The third kappa shape index (κ3) is 3.53. The highest BCUT2D eigenvalue weighted by atomic mass is 35.5. The predicted molar refractivity (Wildman–Crippen MR) is 81.9 cm³/mol. The second-order valence-corrected chi connectivity index (χ2v) is 7.36. The fourth-order valence-electron chi connectivity index (χ4n) is 1.83. The lowest BCUT2D eigenvalue weighted by molar-refractivity contribution is 0.586. The fraction of sp³-hybridized carbons (Fsp3) is 0.308. The van der Waals surface area contributed by atoms with Crippen LogP contribution in [0.4, 0.5) is 0 Å². The Morgan fingerprint density at radius 2 is 1.90 bits per heavy atom. The summed E-state index contributed by atoms with van der Waals surface area (Å²) in [6.07, 6.45) is 1.19. The molecule has 0 atom stereocenters. The second kappa shape index (κ2) is 6.16. The number of halogens is 2. The molecule has 0 aliphatic carbocycles. The van der Waals surface area contributed by atoms with Gasteiger partial charge >= 0.3 is 0 Å². The number of aryl methyl sites for hydroxylation is 1. The zero-order valence-corrected chi connectivity index (χ0v) is 13.2. The van der Waals surface area contributed by atoms with E-state index in [2.05, 4.69) is 5.10 Å². The number of benzene rings is 1. The minimum absolute atomic E-state index is 0.00957. The first-order chi connectivity index (χ1) is 9.42. The van der Waals surface area contributed by atoms with E-state index in [4.69, 9.17) is 23.2 Å². The number of rotatable bonds is 5. The molecule has 0 unspecified atom stereocenters. The smallest absolute Gasteiger partial charge is 0.149 e. The van der Waals surface area contributed by atoms with Crippen molar-refractivity contribution in [2.24, 2.45) is 0 Å². The van der Waals surface area contributed by atoms with Crippen molar-refractivity contribution in [2.75, 3.05) is 12.0 Å². The van der Waals surface area contributed by atoms with Crippen molar-refractivity contribution >= 4 is 33.0 Å². The molecule has 4 nitrogen and oxygen atoms in total. The molecule has 20 heavy (non-hydrogen) atoms. The highest BCUT2D eigenvalue weighted by Crippen LogP contribution is 2.30. The van der Waals surface area contributed by atoms with Gasteiger partial charge < -0.3 is 0 Å². The van der Waals surface area contributed by atoms with Gasteiger partial charge in [0.2, 0.25) is 0 Å². The zero-order valence-electron chi connectivity index (χ0n) is 10.9. The molecule has 0 N–H and O–H groups in total. The molecule has 1 aromatic heterocycles. The molecular formula is C13H14Cl2N2O2S. The highest BCUT2D eigenvalue weighted by Gasteiger charge is 2.17. The summed E-state index contributed by atoms with van der Waals surface area (Å²) in [4.78, 5) is 0.